The molecule has 23 nitrogen and oxygen atoms in total. The molecule has 2 amide bonds. The maximum absolute atomic E-state index is 12.5. The number of nitrogens with one attached hydrogen (secondary N) is 2. The van der Waals surface area contributed by atoms with Crippen molar-refractivity contribution >= 4 is 75.5 Å². The first-order chi connectivity index (χ1) is 40.7. The summed E-state index contributed by atoms with van der Waals surface area (Å²) < 4.78 is 36.8. The first kappa shape index (κ1) is 68.4. The number of hydrogen-bond donors (Lipinski definition) is 3. The third kappa shape index (κ3) is 24.7. The first-order valence-corrected chi connectivity index (χ1v) is 28.4. The zero-order valence-electron chi connectivity index (χ0n) is 46.8. The average Bonchev–Trinajstić information content (AvgIpc) is 3.64. The molecule has 2 unspecified atom stereocenters. The van der Waals surface area contributed by atoms with Crippen LogP contribution in [0.4, 0.5) is 21.9 Å². The summed E-state index contributed by atoms with van der Waals surface area (Å²) >= 11 is 25.5. The van der Waals surface area contributed by atoms with E-state index < -0.39 is 11.0 Å². The maximum atomic E-state index is 12.5. The number of nitro groups is 1. The summed E-state index contributed by atoms with van der Waals surface area (Å²) in [5.74, 6) is 0.299. The van der Waals surface area contributed by atoms with E-state index in [-0.39, 0.29) is 29.2 Å². The van der Waals surface area contributed by atoms with Crippen LogP contribution in [0.3, 0.4) is 0 Å². The Morgan fingerprint density at radius 1 is 0.631 bits per heavy atom. The predicted molar refractivity (Wildman–Crippen MR) is 325 cm³/mol. The molecule has 0 bridgehead atoms. The number of ether oxygens (including phenoxy) is 7. The molecule has 452 valence electrons. The van der Waals surface area contributed by atoms with Gasteiger partial charge in [0.15, 0.2) is 0 Å². The second-order valence-corrected chi connectivity index (χ2v) is 20.6. The van der Waals surface area contributed by atoms with E-state index in [4.69, 9.17) is 96.4 Å². The van der Waals surface area contributed by atoms with E-state index in [0.29, 0.717) is 138 Å². The number of hydrogen-bond acceptors (Lipinski definition) is 16. The standard InChI is InChI=1S/C26H33Cl2N5O4.C23H19Cl2N3O4.C8H18N4O3/c1-33-17-23(22-15-20(27)16-25(28)24(22)18-33)19-4-2-5-21(14-19)31-26(34)6-3-8-35-10-12-37-13-11-36-9-7-30-32-29;1-27-12-20(19-10-15(24)11-22(25)21(19)13-27)14-3-2-4-16(9-14)26-23(29)32-18-7-5-17(6-8-18)28(30)31;9-1-3-13-5-7-15-8-6-14-4-2-11-12-10/h2,4-5,14-16,23H,3,6-13,17-18H2,1H3,(H,31,34);2-11,20H,12-13H2,1H3,(H,26,29);1-9H2. The van der Waals surface area contributed by atoms with Crippen molar-refractivity contribution in [3.63, 3.8) is 0 Å². The van der Waals surface area contributed by atoms with Crippen molar-refractivity contribution in [2.75, 3.05) is 137 Å². The Balaban J connectivity index is 0.000000250. The van der Waals surface area contributed by atoms with E-state index in [0.717, 1.165) is 65.2 Å². The Labute approximate surface area is 508 Å². The van der Waals surface area contributed by atoms with Gasteiger partial charge in [0.25, 0.3) is 5.69 Å². The van der Waals surface area contributed by atoms with Gasteiger partial charge in [0, 0.05) is 124 Å². The molecule has 4 N–H and O–H groups in total. The monoisotopic (exact) mass is 1240 g/mol. The number of nitrogens with zero attached hydrogens (tertiary/aromatic N) is 9. The number of amides is 2. The lowest BCUT2D eigenvalue weighted by Gasteiger charge is -2.33. The lowest BCUT2D eigenvalue weighted by molar-refractivity contribution is -0.384. The van der Waals surface area contributed by atoms with Gasteiger partial charge in [0.05, 0.1) is 77.6 Å². The fraction of sp³-hybridized carbons (Fsp3) is 0.439. The van der Waals surface area contributed by atoms with Crippen molar-refractivity contribution in [2.24, 2.45) is 16.0 Å². The summed E-state index contributed by atoms with van der Waals surface area (Å²) in [5, 5.41) is 25.7. The van der Waals surface area contributed by atoms with Crippen LogP contribution in [0, 0.1) is 10.1 Å². The number of carbonyl (C=O) groups is 2. The Morgan fingerprint density at radius 2 is 1.07 bits per heavy atom. The Morgan fingerprint density at radius 3 is 1.52 bits per heavy atom. The van der Waals surface area contributed by atoms with Gasteiger partial charge in [0.1, 0.15) is 5.75 Å². The molecule has 5 aromatic carbocycles. The summed E-state index contributed by atoms with van der Waals surface area (Å²) in [6.07, 6.45) is 0.291. The van der Waals surface area contributed by atoms with Gasteiger partial charge in [-0.3, -0.25) is 20.2 Å². The lowest BCUT2D eigenvalue weighted by Crippen LogP contribution is -2.31. The number of nitro benzene ring substituents is 1. The van der Waals surface area contributed by atoms with Crippen molar-refractivity contribution < 1.29 is 47.7 Å². The van der Waals surface area contributed by atoms with Gasteiger partial charge in [-0.1, -0.05) is 80.9 Å². The number of halogens is 4. The number of nitrogens with two attached hydrogens (primary N) is 1. The minimum absolute atomic E-state index is 0.0346. The first-order valence-electron chi connectivity index (χ1n) is 26.9. The molecule has 0 spiro atoms. The van der Waals surface area contributed by atoms with Crippen molar-refractivity contribution in [3.05, 3.63) is 182 Å². The summed E-state index contributed by atoms with van der Waals surface area (Å²) in [6, 6.07) is 28.2. The SMILES string of the molecule is CN1Cc2c(Cl)cc(Cl)cc2C(c2cccc(NC(=O)CCCOCCOCCOCCN=[N+]=[N-])c2)C1.CN1Cc2c(Cl)cc(Cl)cc2C(c2cccc(NC(=O)Oc3ccc([N+](=O)[O-])cc3)c2)C1.[N-]=[N+]=NCCOCCOCCOCCN. The van der Waals surface area contributed by atoms with E-state index in [1.165, 1.54) is 24.3 Å². The zero-order chi connectivity index (χ0) is 60.5. The number of carbonyl (C=O) groups excluding carboxylic acids is 2. The van der Waals surface area contributed by atoms with Crippen LogP contribution in [0.1, 0.15) is 58.1 Å². The van der Waals surface area contributed by atoms with E-state index in [1.807, 2.05) is 55.6 Å². The molecule has 0 saturated heterocycles. The zero-order valence-corrected chi connectivity index (χ0v) is 49.9. The number of benzene rings is 5. The summed E-state index contributed by atoms with van der Waals surface area (Å²) in [6.45, 7) is 10.1. The maximum Gasteiger partial charge on any atom is 0.417 e. The topological polar surface area (TPSA) is 296 Å². The molecular formula is C57H70Cl4N12O11. The highest BCUT2D eigenvalue weighted by Gasteiger charge is 2.29. The Bertz CT molecular complexity index is 2980. The van der Waals surface area contributed by atoms with Gasteiger partial charge >= 0.3 is 6.09 Å². The molecule has 0 aromatic heterocycles. The number of anilines is 2. The third-order valence-electron chi connectivity index (χ3n) is 12.6. The van der Waals surface area contributed by atoms with Crippen LogP contribution in [0.5, 0.6) is 5.75 Å². The molecule has 84 heavy (non-hydrogen) atoms. The van der Waals surface area contributed by atoms with Crippen LogP contribution < -0.4 is 21.1 Å². The average molecular weight is 1240 g/mol. The van der Waals surface area contributed by atoms with E-state index in [9.17, 15) is 19.7 Å². The largest absolute Gasteiger partial charge is 0.417 e. The van der Waals surface area contributed by atoms with Crippen molar-refractivity contribution in [1.82, 2.24) is 9.80 Å². The number of non-ortho nitro benzene ring substituents is 1. The molecular weight excluding hydrogens is 1170 g/mol. The smallest absolute Gasteiger partial charge is 0.410 e. The molecule has 2 aliphatic heterocycles. The summed E-state index contributed by atoms with van der Waals surface area (Å²) in [4.78, 5) is 44.7. The molecule has 5 aromatic rings. The summed E-state index contributed by atoms with van der Waals surface area (Å²) in [5.41, 5.74) is 29.1. The molecule has 0 aliphatic carbocycles. The van der Waals surface area contributed by atoms with E-state index in [2.05, 4.69) is 53.6 Å². The highest BCUT2D eigenvalue weighted by molar-refractivity contribution is 6.35. The fourth-order valence-corrected chi connectivity index (χ4v) is 9.98. The highest BCUT2D eigenvalue weighted by Crippen LogP contribution is 2.40. The third-order valence-corrected chi connectivity index (χ3v) is 13.7. The quantitative estimate of drug-likeness (QED) is 0.00962. The van der Waals surface area contributed by atoms with Gasteiger partial charge < -0.3 is 54.0 Å². The molecule has 27 heteroatoms. The van der Waals surface area contributed by atoms with Gasteiger partial charge in [-0.15, -0.1) is 0 Å². The fourth-order valence-electron chi connectivity index (χ4n) is 8.84. The predicted octanol–water partition coefficient (Wildman–Crippen LogP) is 12.0. The molecule has 2 aliphatic rings. The van der Waals surface area contributed by atoms with Crippen molar-refractivity contribution in [1.29, 1.82) is 0 Å². The number of fused-ring (bicyclic) bond motifs is 2. The van der Waals surface area contributed by atoms with Crippen LogP contribution in [0.15, 0.2) is 107 Å². The summed E-state index contributed by atoms with van der Waals surface area (Å²) in [7, 11) is 4.11. The Hall–Kier alpha value is -6.34. The number of azide groups is 2. The van der Waals surface area contributed by atoms with Gasteiger partial charge in [-0.05, 0) is 126 Å². The number of rotatable bonds is 30. The van der Waals surface area contributed by atoms with E-state index in [1.54, 1.807) is 18.2 Å². The van der Waals surface area contributed by atoms with Crippen LogP contribution >= 0.6 is 46.4 Å². The van der Waals surface area contributed by atoms with Gasteiger partial charge in [0.2, 0.25) is 5.91 Å². The second kappa shape index (κ2) is 38.6. The number of likely N-dealkylation sites (N-methyl/N-ethyl adjacent to an activating group) is 2. The lowest BCUT2D eigenvalue weighted by atomic mass is 9.84. The van der Waals surface area contributed by atoms with Gasteiger partial charge in [-0.25, -0.2) is 4.79 Å². The normalized spacial score (nSPS) is 14.4. The molecule has 2 atom stereocenters. The van der Waals surface area contributed by atoms with Crippen LogP contribution in [0.25, 0.3) is 20.9 Å². The highest BCUT2D eigenvalue weighted by atomic mass is 35.5. The molecule has 0 fully saturated rings. The molecule has 7 rings (SSSR count). The van der Waals surface area contributed by atoms with E-state index >= 15 is 0 Å². The van der Waals surface area contributed by atoms with Gasteiger partial charge in [-0.2, -0.15) is 0 Å². The minimum atomic E-state index is -0.691. The minimum Gasteiger partial charge on any atom is -0.410 e. The van der Waals surface area contributed by atoms with Crippen LogP contribution in [-0.4, -0.2) is 153 Å². The molecule has 0 radical (unpaired) electrons. The Kier molecular flexibility index (Phi) is 31.4. The molecule has 0 saturated carbocycles. The van der Waals surface area contributed by atoms with Crippen molar-refractivity contribution in [3.8, 4) is 5.75 Å². The van der Waals surface area contributed by atoms with Crippen LogP contribution in [-0.2, 0) is 46.3 Å². The second-order valence-electron chi connectivity index (χ2n) is 18.9. The molecule has 2 heterocycles. The van der Waals surface area contributed by atoms with Crippen molar-refractivity contribution in [2.45, 2.75) is 37.8 Å². The van der Waals surface area contributed by atoms with Crippen LogP contribution in [0.2, 0.25) is 20.1 Å².